The third kappa shape index (κ3) is 4.89. The van der Waals surface area contributed by atoms with Crippen molar-refractivity contribution < 1.29 is 9.59 Å². The van der Waals surface area contributed by atoms with E-state index in [2.05, 4.69) is 15.5 Å². The normalized spacial score (nSPS) is 12.2. The van der Waals surface area contributed by atoms with Crippen LogP contribution in [0.25, 0.3) is 0 Å². The summed E-state index contributed by atoms with van der Waals surface area (Å²) >= 11 is 1.36. The van der Waals surface area contributed by atoms with Gasteiger partial charge in [-0.3, -0.25) is 9.59 Å². The molecule has 0 bridgehead atoms. The summed E-state index contributed by atoms with van der Waals surface area (Å²) in [5.74, 6) is -0.0592. The Balaban J connectivity index is 2.74. The molecule has 100 valence electrons. The van der Waals surface area contributed by atoms with Crippen molar-refractivity contribution in [3.63, 3.8) is 0 Å². The highest BCUT2D eigenvalue weighted by molar-refractivity contribution is 7.11. The molecule has 1 heterocycles. The molecule has 0 aliphatic rings. The Hall–Kier alpha value is -1.34. The van der Waals surface area contributed by atoms with Crippen LogP contribution in [0.2, 0.25) is 0 Å². The Kier molecular flexibility index (Phi) is 5.87. The number of rotatable bonds is 7. The van der Waals surface area contributed by atoms with Crippen molar-refractivity contribution >= 4 is 23.0 Å². The van der Waals surface area contributed by atoms with Gasteiger partial charge < -0.3 is 11.1 Å². The predicted octanol–water partition coefficient (Wildman–Crippen LogP) is 0.586. The van der Waals surface area contributed by atoms with Gasteiger partial charge in [-0.15, -0.1) is 10.2 Å². The van der Waals surface area contributed by atoms with Crippen molar-refractivity contribution in [2.45, 2.75) is 39.2 Å². The van der Waals surface area contributed by atoms with Crippen molar-refractivity contribution in [3.8, 4) is 0 Å². The first-order valence-corrected chi connectivity index (χ1v) is 6.63. The first kappa shape index (κ1) is 14.7. The zero-order valence-electron chi connectivity index (χ0n) is 10.6. The van der Waals surface area contributed by atoms with Gasteiger partial charge in [0, 0.05) is 6.92 Å². The summed E-state index contributed by atoms with van der Waals surface area (Å²) in [6, 6.07) is -0.163. The van der Waals surface area contributed by atoms with Gasteiger partial charge in [-0.1, -0.05) is 11.3 Å². The minimum absolute atomic E-state index is 0.0516. The summed E-state index contributed by atoms with van der Waals surface area (Å²) in [5, 5.41) is 12.2. The standard InChI is InChI=1S/C11H18N4O2S/c1-7(16)6-10-14-15-11(18-10)9(4-3-5-12)13-8(2)17/h9H,3-6,12H2,1-2H3,(H,13,17)/t9-/m0/s1. The fourth-order valence-corrected chi connectivity index (χ4v) is 2.52. The number of hydrogen-bond donors (Lipinski definition) is 2. The van der Waals surface area contributed by atoms with E-state index in [9.17, 15) is 9.59 Å². The van der Waals surface area contributed by atoms with E-state index in [4.69, 9.17) is 5.73 Å². The maximum absolute atomic E-state index is 11.1. The average Bonchev–Trinajstić information content (AvgIpc) is 2.71. The second-order valence-corrected chi connectivity index (χ2v) is 5.19. The highest BCUT2D eigenvalue weighted by atomic mass is 32.1. The lowest BCUT2D eigenvalue weighted by Crippen LogP contribution is -2.26. The quantitative estimate of drug-likeness (QED) is 0.755. The Morgan fingerprint density at radius 1 is 1.39 bits per heavy atom. The number of Topliss-reactive ketones (excluding diaryl/α,β-unsaturated/α-hetero) is 1. The Morgan fingerprint density at radius 3 is 2.67 bits per heavy atom. The lowest BCUT2D eigenvalue weighted by molar-refractivity contribution is -0.120. The molecule has 0 saturated carbocycles. The smallest absolute Gasteiger partial charge is 0.217 e. The number of nitrogens with zero attached hydrogens (tertiary/aromatic N) is 2. The number of hydrogen-bond acceptors (Lipinski definition) is 6. The van der Waals surface area contributed by atoms with Crippen LogP contribution in [0, 0.1) is 0 Å². The summed E-state index contributed by atoms with van der Waals surface area (Å²) in [4.78, 5) is 22.1. The molecule has 0 spiro atoms. The number of nitrogens with two attached hydrogens (primary N) is 1. The van der Waals surface area contributed by atoms with Crippen LogP contribution in [0.3, 0.4) is 0 Å². The molecule has 1 aromatic rings. The van der Waals surface area contributed by atoms with Gasteiger partial charge in [0.1, 0.15) is 15.8 Å². The maximum atomic E-state index is 11.1. The van der Waals surface area contributed by atoms with E-state index in [0.29, 0.717) is 18.0 Å². The molecule has 0 radical (unpaired) electrons. The van der Waals surface area contributed by atoms with Crippen molar-refractivity contribution in [1.82, 2.24) is 15.5 Å². The van der Waals surface area contributed by atoms with Gasteiger partial charge in [0.2, 0.25) is 5.91 Å². The van der Waals surface area contributed by atoms with Gasteiger partial charge in [0.05, 0.1) is 12.5 Å². The second kappa shape index (κ2) is 7.17. The van der Waals surface area contributed by atoms with Crippen LogP contribution in [-0.4, -0.2) is 28.4 Å². The minimum atomic E-state index is -0.163. The SMILES string of the molecule is CC(=O)Cc1nnc([C@H](CCCN)NC(C)=O)s1. The molecule has 3 N–H and O–H groups in total. The summed E-state index contributed by atoms with van der Waals surface area (Å²) in [7, 11) is 0. The molecular weight excluding hydrogens is 252 g/mol. The summed E-state index contributed by atoms with van der Waals surface area (Å²) < 4.78 is 0. The molecule has 1 rings (SSSR count). The number of amides is 1. The number of carbonyl (C=O) groups is 2. The molecule has 0 aromatic carbocycles. The van der Waals surface area contributed by atoms with Crippen LogP contribution in [0.4, 0.5) is 0 Å². The molecule has 0 fully saturated rings. The van der Waals surface area contributed by atoms with E-state index in [1.165, 1.54) is 25.2 Å². The fourth-order valence-electron chi connectivity index (χ4n) is 1.52. The van der Waals surface area contributed by atoms with Crippen LogP contribution in [0.1, 0.15) is 42.7 Å². The number of nitrogens with one attached hydrogen (secondary N) is 1. The maximum Gasteiger partial charge on any atom is 0.217 e. The Morgan fingerprint density at radius 2 is 2.11 bits per heavy atom. The van der Waals surface area contributed by atoms with Crippen molar-refractivity contribution in [1.29, 1.82) is 0 Å². The molecule has 1 amide bonds. The third-order valence-electron chi connectivity index (χ3n) is 2.26. The van der Waals surface area contributed by atoms with E-state index in [-0.39, 0.29) is 17.7 Å². The first-order valence-electron chi connectivity index (χ1n) is 5.81. The molecule has 1 atom stereocenters. The molecular formula is C11H18N4O2S. The van der Waals surface area contributed by atoms with Crippen molar-refractivity contribution in [2.24, 2.45) is 5.73 Å². The molecule has 0 aliphatic heterocycles. The average molecular weight is 270 g/mol. The molecule has 18 heavy (non-hydrogen) atoms. The Labute approximate surface area is 110 Å². The zero-order chi connectivity index (χ0) is 13.5. The number of ketones is 1. The highest BCUT2D eigenvalue weighted by Crippen LogP contribution is 2.22. The van der Waals surface area contributed by atoms with Gasteiger partial charge >= 0.3 is 0 Å². The van der Waals surface area contributed by atoms with Crippen LogP contribution < -0.4 is 11.1 Å². The van der Waals surface area contributed by atoms with E-state index >= 15 is 0 Å². The lowest BCUT2D eigenvalue weighted by atomic mass is 10.1. The minimum Gasteiger partial charge on any atom is -0.347 e. The molecule has 0 saturated heterocycles. The van der Waals surface area contributed by atoms with Crippen LogP contribution >= 0.6 is 11.3 Å². The monoisotopic (exact) mass is 270 g/mol. The highest BCUT2D eigenvalue weighted by Gasteiger charge is 2.17. The number of carbonyl (C=O) groups excluding carboxylic acids is 2. The predicted molar refractivity (Wildman–Crippen MR) is 69.1 cm³/mol. The second-order valence-electron chi connectivity index (χ2n) is 4.10. The fraction of sp³-hybridized carbons (Fsp3) is 0.636. The van der Waals surface area contributed by atoms with Gasteiger partial charge in [0.25, 0.3) is 0 Å². The summed E-state index contributed by atoms with van der Waals surface area (Å²) in [5.41, 5.74) is 5.47. The molecule has 7 heteroatoms. The van der Waals surface area contributed by atoms with Crippen LogP contribution in [0.15, 0.2) is 0 Å². The lowest BCUT2D eigenvalue weighted by Gasteiger charge is -2.13. The van der Waals surface area contributed by atoms with Gasteiger partial charge in [-0.05, 0) is 26.3 Å². The van der Waals surface area contributed by atoms with Crippen LogP contribution in [-0.2, 0) is 16.0 Å². The van der Waals surface area contributed by atoms with E-state index in [1.54, 1.807) is 0 Å². The summed E-state index contributed by atoms with van der Waals surface area (Å²) in [6.07, 6.45) is 1.82. The summed E-state index contributed by atoms with van der Waals surface area (Å²) in [6.45, 7) is 3.54. The molecule has 1 aromatic heterocycles. The van der Waals surface area contributed by atoms with Gasteiger partial charge in [0.15, 0.2) is 0 Å². The van der Waals surface area contributed by atoms with Gasteiger partial charge in [-0.25, -0.2) is 0 Å². The molecule has 0 unspecified atom stereocenters. The van der Waals surface area contributed by atoms with Crippen molar-refractivity contribution in [3.05, 3.63) is 10.0 Å². The van der Waals surface area contributed by atoms with E-state index < -0.39 is 0 Å². The molecule has 0 aliphatic carbocycles. The zero-order valence-corrected chi connectivity index (χ0v) is 11.4. The van der Waals surface area contributed by atoms with E-state index in [0.717, 1.165) is 17.8 Å². The van der Waals surface area contributed by atoms with Crippen LogP contribution in [0.5, 0.6) is 0 Å². The number of aromatic nitrogens is 2. The topological polar surface area (TPSA) is 98.0 Å². The largest absolute Gasteiger partial charge is 0.347 e. The molecule has 6 nitrogen and oxygen atoms in total. The van der Waals surface area contributed by atoms with E-state index in [1.807, 2.05) is 0 Å². The first-order chi connectivity index (χ1) is 8.52. The van der Waals surface area contributed by atoms with Gasteiger partial charge in [-0.2, -0.15) is 0 Å². The Bertz CT molecular complexity index is 419. The third-order valence-corrected chi connectivity index (χ3v) is 3.29. The van der Waals surface area contributed by atoms with Crippen molar-refractivity contribution in [2.75, 3.05) is 6.54 Å².